The van der Waals surface area contributed by atoms with Gasteiger partial charge < -0.3 is 14.4 Å². The first-order chi connectivity index (χ1) is 12.9. The van der Waals surface area contributed by atoms with Gasteiger partial charge in [-0.15, -0.1) is 0 Å². The van der Waals surface area contributed by atoms with Crippen molar-refractivity contribution in [3.05, 3.63) is 23.3 Å². The third-order valence-electron chi connectivity index (χ3n) is 5.92. The molecule has 1 aromatic rings. The molecule has 0 radical (unpaired) electrons. The van der Waals surface area contributed by atoms with Crippen LogP contribution in [0.25, 0.3) is 0 Å². The van der Waals surface area contributed by atoms with E-state index in [2.05, 4.69) is 0 Å². The highest BCUT2D eigenvalue weighted by atomic mass is 16.5. The summed E-state index contributed by atoms with van der Waals surface area (Å²) in [6.07, 6.45) is 0.904. The minimum Gasteiger partial charge on any atom is -0.493 e. The molecule has 3 aliphatic heterocycles. The summed E-state index contributed by atoms with van der Waals surface area (Å²) in [5, 5.41) is 3.03. The first kappa shape index (κ1) is 17.8. The third-order valence-corrected chi connectivity index (χ3v) is 5.92. The van der Waals surface area contributed by atoms with E-state index in [0.29, 0.717) is 42.1 Å². The van der Waals surface area contributed by atoms with Crippen LogP contribution in [0.4, 0.5) is 0 Å². The van der Waals surface area contributed by atoms with E-state index in [1.54, 1.807) is 35.9 Å². The van der Waals surface area contributed by atoms with Gasteiger partial charge in [0.2, 0.25) is 5.91 Å². The maximum Gasteiger partial charge on any atom is 0.256 e. The zero-order chi connectivity index (χ0) is 19.5. The lowest BCUT2D eigenvalue weighted by molar-refractivity contribution is -0.174. The summed E-state index contributed by atoms with van der Waals surface area (Å²) < 4.78 is 10.8. The van der Waals surface area contributed by atoms with Crippen LogP contribution in [-0.4, -0.2) is 59.9 Å². The molecule has 2 fully saturated rings. The van der Waals surface area contributed by atoms with Gasteiger partial charge in [-0.3, -0.25) is 14.4 Å². The fraction of sp³-hybridized carbons (Fsp3) is 0.526. The normalized spacial score (nSPS) is 26.7. The Balaban J connectivity index is 1.98. The highest BCUT2D eigenvalue weighted by molar-refractivity contribution is 6.05. The van der Waals surface area contributed by atoms with E-state index in [0.717, 1.165) is 0 Å². The Morgan fingerprint density at radius 2 is 1.85 bits per heavy atom. The van der Waals surface area contributed by atoms with Gasteiger partial charge in [-0.25, -0.2) is 5.01 Å². The minimum atomic E-state index is -0.994. The summed E-state index contributed by atoms with van der Waals surface area (Å²) >= 11 is 0. The number of nitrogens with zero attached hydrogens (tertiary/aromatic N) is 3. The van der Waals surface area contributed by atoms with Crippen LogP contribution in [0, 0.1) is 5.92 Å². The second kappa shape index (κ2) is 5.95. The van der Waals surface area contributed by atoms with E-state index in [-0.39, 0.29) is 24.1 Å². The van der Waals surface area contributed by atoms with Gasteiger partial charge in [-0.1, -0.05) is 6.92 Å². The monoisotopic (exact) mass is 373 g/mol. The van der Waals surface area contributed by atoms with Crippen molar-refractivity contribution in [2.75, 3.05) is 27.3 Å². The molecule has 3 amide bonds. The number of amides is 3. The van der Waals surface area contributed by atoms with E-state index >= 15 is 0 Å². The average Bonchev–Trinajstić information content (AvgIpc) is 3.08. The first-order valence-corrected chi connectivity index (χ1v) is 9.16. The molecule has 0 N–H and O–H groups in total. The lowest BCUT2D eigenvalue weighted by Crippen LogP contribution is -2.62. The number of methoxy groups -OCH3 is 2. The molecule has 3 heterocycles. The number of rotatable bonds is 3. The lowest BCUT2D eigenvalue weighted by Gasteiger charge is -2.48. The largest absolute Gasteiger partial charge is 0.493 e. The van der Waals surface area contributed by atoms with Crippen molar-refractivity contribution in [3.63, 3.8) is 0 Å². The van der Waals surface area contributed by atoms with Gasteiger partial charge in [0.25, 0.3) is 11.8 Å². The molecule has 2 unspecified atom stereocenters. The molecular weight excluding hydrogens is 350 g/mol. The molecule has 1 spiro atoms. The van der Waals surface area contributed by atoms with Crippen molar-refractivity contribution in [2.45, 2.75) is 32.4 Å². The lowest BCUT2D eigenvalue weighted by atomic mass is 9.85. The van der Waals surface area contributed by atoms with Gasteiger partial charge in [0.05, 0.1) is 25.7 Å². The van der Waals surface area contributed by atoms with Crippen molar-refractivity contribution in [1.29, 1.82) is 0 Å². The summed E-state index contributed by atoms with van der Waals surface area (Å²) in [6, 6.07) is 3.44. The average molecular weight is 373 g/mol. The highest BCUT2D eigenvalue weighted by Crippen LogP contribution is 2.55. The van der Waals surface area contributed by atoms with Crippen LogP contribution < -0.4 is 9.47 Å². The first-order valence-electron chi connectivity index (χ1n) is 9.16. The van der Waals surface area contributed by atoms with Gasteiger partial charge in [0.15, 0.2) is 17.2 Å². The Bertz CT molecular complexity index is 854. The van der Waals surface area contributed by atoms with Crippen molar-refractivity contribution < 1.29 is 23.9 Å². The minimum absolute atomic E-state index is 0.152. The number of hydrogen-bond donors (Lipinski definition) is 0. The second-order valence-electron chi connectivity index (χ2n) is 7.03. The molecular formula is C19H23N3O5. The van der Waals surface area contributed by atoms with Crippen LogP contribution >= 0.6 is 0 Å². The maximum atomic E-state index is 13.2. The number of fused-ring (bicyclic) bond motifs is 1. The molecule has 4 rings (SSSR count). The van der Waals surface area contributed by atoms with Crippen LogP contribution in [0.1, 0.15) is 42.6 Å². The summed E-state index contributed by atoms with van der Waals surface area (Å²) in [6.45, 7) is 4.57. The van der Waals surface area contributed by atoms with Gasteiger partial charge in [0, 0.05) is 25.1 Å². The third kappa shape index (κ3) is 1.99. The van der Waals surface area contributed by atoms with Gasteiger partial charge in [-0.05, 0) is 25.5 Å². The number of carbonyl (C=O) groups is 3. The number of hydrazine groups is 1. The Morgan fingerprint density at radius 1 is 1.19 bits per heavy atom. The number of imide groups is 1. The Morgan fingerprint density at radius 3 is 2.48 bits per heavy atom. The van der Waals surface area contributed by atoms with Crippen molar-refractivity contribution >= 4 is 17.7 Å². The van der Waals surface area contributed by atoms with Crippen LogP contribution in [0.2, 0.25) is 0 Å². The molecule has 27 heavy (non-hydrogen) atoms. The summed E-state index contributed by atoms with van der Waals surface area (Å²) in [7, 11) is 3.05. The molecule has 1 aromatic carbocycles. The molecule has 3 aliphatic rings. The smallest absolute Gasteiger partial charge is 0.256 e. The number of carbonyl (C=O) groups excluding carboxylic acids is 3. The van der Waals surface area contributed by atoms with Crippen LogP contribution in [0.5, 0.6) is 11.5 Å². The van der Waals surface area contributed by atoms with Crippen molar-refractivity contribution in [2.24, 2.45) is 5.92 Å². The molecule has 144 valence electrons. The number of ether oxygens (including phenoxy) is 2. The fourth-order valence-electron chi connectivity index (χ4n) is 4.73. The Labute approximate surface area is 157 Å². The quantitative estimate of drug-likeness (QED) is 0.796. The Hall–Kier alpha value is -2.61. The van der Waals surface area contributed by atoms with E-state index < -0.39 is 11.6 Å². The molecule has 2 atom stereocenters. The molecule has 0 aromatic heterocycles. The predicted octanol–water partition coefficient (Wildman–Crippen LogP) is 1.35. The van der Waals surface area contributed by atoms with Gasteiger partial charge in [0.1, 0.15) is 0 Å². The summed E-state index contributed by atoms with van der Waals surface area (Å²) in [5.41, 5.74) is 0.189. The van der Waals surface area contributed by atoms with E-state index in [9.17, 15) is 14.4 Å². The standard InChI is InChI=1S/C19H23N3O5/c1-5-16(23)22-17(24)11(2)19-13-10-15(27-4)14(26-3)9-12(13)18(25)20(19)7-6-8-21(19)22/h9-11H,5-8H2,1-4H3. The molecule has 8 nitrogen and oxygen atoms in total. The molecule has 2 saturated heterocycles. The van der Waals surface area contributed by atoms with Crippen molar-refractivity contribution in [3.8, 4) is 11.5 Å². The van der Waals surface area contributed by atoms with E-state index in [1.807, 2.05) is 0 Å². The van der Waals surface area contributed by atoms with E-state index in [1.165, 1.54) is 19.2 Å². The Kier molecular flexibility index (Phi) is 3.92. The molecule has 8 heteroatoms. The molecule has 0 aliphatic carbocycles. The topological polar surface area (TPSA) is 79.4 Å². The fourth-order valence-corrected chi connectivity index (χ4v) is 4.73. The van der Waals surface area contributed by atoms with Crippen LogP contribution in [-0.2, 0) is 15.3 Å². The highest BCUT2D eigenvalue weighted by Gasteiger charge is 2.67. The van der Waals surface area contributed by atoms with Crippen LogP contribution in [0.3, 0.4) is 0 Å². The van der Waals surface area contributed by atoms with Crippen molar-refractivity contribution in [1.82, 2.24) is 14.9 Å². The zero-order valence-corrected chi connectivity index (χ0v) is 15.9. The number of hydrogen-bond acceptors (Lipinski definition) is 6. The number of benzene rings is 1. The predicted molar refractivity (Wildman–Crippen MR) is 94.9 cm³/mol. The van der Waals surface area contributed by atoms with Gasteiger partial charge >= 0.3 is 0 Å². The summed E-state index contributed by atoms with van der Waals surface area (Å²) in [4.78, 5) is 40.6. The zero-order valence-electron chi connectivity index (χ0n) is 15.9. The van der Waals surface area contributed by atoms with Crippen LogP contribution in [0.15, 0.2) is 12.1 Å². The van der Waals surface area contributed by atoms with Gasteiger partial charge in [-0.2, -0.15) is 5.01 Å². The second-order valence-corrected chi connectivity index (χ2v) is 7.03. The summed E-state index contributed by atoms with van der Waals surface area (Å²) in [5.74, 6) is -0.301. The maximum absolute atomic E-state index is 13.2. The molecule has 0 saturated carbocycles. The molecule has 0 bridgehead atoms. The van der Waals surface area contributed by atoms with E-state index in [4.69, 9.17) is 9.47 Å². The SMILES string of the molecule is CCC(=O)N1C(=O)C(C)C23c4cc(OC)c(OC)cc4C(=O)N2CCCN13.